The number of benzene rings is 4. The summed E-state index contributed by atoms with van der Waals surface area (Å²) in [4.78, 5) is 0. The smallest absolute Gasteiger partial charge is 0.126 e. The van der Waals surface area contributed by atoms with E-state index in [1.54, 1.807) is 14.2 Å². The average Bonchev–Trinajstić information content (AvgIpc) is 2.84. The number of halogens is 1. The van der Waals surface area contributed by atoms with Crippen molar-refractivity contribution in [3.8, 4) is 11.5 Å². The second kappa shape index (κ2) is 10.5. The van der Waals surface area contributed by atoms with Gasteiger partial charge >= 0.3 is 0 Å². The molecule has 4 rings (SSSR count). The molecule has 0 heterocycles. The van der Waals surface area contributed by atoms with E-state index < -0.39 is 7.26 Å². The van der Waals surface area contributed by atoms with Crippen molar-refractivity contribution in [2.75, 3.05) is 14.2 Å². The molecule has 4 heteroatoms. The van der Waals surface area contributed by atoms with E-state index in [1.807, 2.05) is 12.1 Å². The Morgan fingerprint density at radius 2 is 1.03 bits per heavy atom. The molecular formula is C27H26ClO2P. The number of ether oxygens (including phenoxy) is 2. The van der Waals surface area contributed by atoms with Gasteiger partial charge < -0.3 is 21.9 Å². The average molecular weight is 449 g/mol. The fraction of sp³-hybridized carbons (Fsp3) is 0.111. The van der Waals surface area contributed by atoms with E-state index in [1.165, 1.54) is 15.9 Å². The number of hydrogen-bond donors (Lipinski definition) is 0. The first-order valence-corrected chi connectivity index (χ1v) is 12.0. The first-order chi connectivity index (χ1) is 14.8. The van der Waals surface area contributed by atoms with Gasteiger partial charge in [0.25, 0.3) is 0 Å². The number of rotatable bonds is 7. The normalized spacial score (nSPS) is 10.8. The van der Waals surface area contributed by atoms with E-state index in [9.17, 15) is 0 Å². The molecule has 158 valence electrons. The predicted molar refractivity (Wildman–Crippen MR) is 128 cm³/mol. The first kappa shape index (κ1) is 22.9. The Bertz CT molecular complexity index is 989. The molecule has 0 saturated heterocycles. The maximum atomic E-state index is 5.76. The van der Waals surface area contributed by atoms with Gasteiger partial charge in [-0.3, -0.25) is 0 Å². The molecule has 0 radical (unpaired) electrons. The Morgan fingerprint density at radius 1 is 0.581 bits per heavy atom. The molecular weight excluding hydrogens is 423 g/mol. The molecule has 0 fully saturated rings. The standard InChI is InChI=1S/C27H26O2P.ClH/c1-28-23-18-19-27(29-2)22(20-23)21-30(24-12-6-3-7-13-24,25-14-8-4-9-15-25)26-16-10-5-11-17-26;/h3-20H,21H2,1-2H3;1H/q+1;/p-1. The van der Waals surface area contributed by atoms with Crippen LogP contribution in [0, 0.1) is 0 Å². The Hall–Kier alpha value is -2.80. The van der Waals surface area contributed by atoms with Crippen LogP contribution in [0.3, 0.4) is 0 Å². The number of methoxy groups -OCH3 is 2. The van der Waals surface area contributed by atoms with E-state index in [0.29, 0.717) is 0 Å². The molecule has 0 bridgehead atoms. The second-order valence-corrected chi connectivity index (χ2v) is 10.6. The highest BCUT2D eigenvalue weighted by Gasteiger charge is 2.46. The highest BCUT2D eigenvalue weighted by Crippen LogP contribution is 2.59. The molecule has 0 saturated carbocycles. The van der Waals surface area contributed by atoms with Gasteiger partial charge in [0.1, 0.15) is 40.8 Å². The first-order valence-electron chi connectivity index (χ1n) is 10.0. The van der Waals surface area contributed by atoms with Gasteiger partial charge in [0.05, 0.1) is 14.2 Å². The van der Waals surface area contributed by atoms with Gasteiger partial charge in [-0.1, -0.05) is 54.6 Å². The predicted octanol–water partition coefficient (Wildman–Crippen LogP) is 2.20. The lowest BCUT2D eigenvalue weighted by atomic mass is 10.2. The summed E-state index contributed by atoms with van der Waals surface area (Å²) in [6.07, 6.45) is 0.853. The summed E-state index contributed by atoms with van der Waals surface area (Å²) in [5.74, 6) is 1.74. The van der Waals surface area contributed by atoms with Crippen molar-refractivity contribution in [2.24, 2.45) is 0 Å². The molecule has 4 aromatic carbocycles. The Kier molecular flexibility index (Phi) is 7.74. The summed E-state index contributed by atoms with van der Waals surface area (Å²) in [5, 5.41) is 4.06. The van der Waals surface area contributed by atoms with Crippen molar-refractivity contribution in [1.82, 2.24) is 0 Å². The molecule has 0 aliphatic rings. The van der Waals surface area contributed by atoms with E-state index in [2.05, 4.69) is 97.1 Å². The monoisotopic (exact) mass is 448 g/mol. The quantitative estimate of drug-likeness (QED) is 0.404. The van der Waals surface area contributed by atoms with Gasteiger partial charge in [0, 0.05) is 5.56 Å². The molecule has 0 unspecified atom stereocenters. The van der Waals surface area contributed by atoms with Crippen LogP contribution in [0.2, 0.25) is 0 Å². The SMILES string of the molecule is COc1ccc(OC)c(C[P+](c2ccccc2)(c2ccccc2)c2ccccc2)c1.[Cl-]. The highest BCUT2D eigenvalue weighted by atomic mass is 35.5. The fourth-order valence-corrected chi connectivity index (χ4v) is 8.27. The van der Waals surface area contributed by atoms with Gasteiger partial charge in [-0.05, 0) is 54.6 Å². The summed E-state index contributed by atoms with van der Waals surface area (Å²) in [6, 6.07) is 38.7. The van der Waals surface area contributed by atoms with Gasteiger partial charge in [-0.2, -0.15) is 0 Å². The van der Waals surface area contributed by atoms with Gasteiger partial charge in [0.15, 0.2) is 0 Å². The zero-order valence-corrected chi connectivity index (χ0v) is 19.4. The summed E-state index contributed by atoms with van der Waals surface area (Å²) >= 11 is 0. The van der Waals surface area contributed by atoms with Crippen LogP contribution in [0.15, 0.2) is 109 Å². The summed E-state index contributed by atoms with van der Waals surface area (Å²) < 4.78 is 11.3. The third-order valence-electron chi connectivity index (χ3n) is 5.49. The molecule has 0 spiro atoms. The van der Waals surface area contributed by atoms with E-state index in [4.69, 9.17) is 9.47 Å². The van der Waals surface area contributed by atoms with Crippen LogP contribution in [-0.4, -0.2) is 14.2 Å². The summed E-state index contributed by atoms with van der Waals surface area (Å²) in [7, 11) is 1.46. The van der Waals surface area contributed by atoms with E-state index >= 15 is 0 Å². The Balaban J connectivity index is 0.00000272. The summed E-state index contributed by atoms with van der Waals surface area (Å²) in [6.45, 7) is 0. The zero-order valence-electron chi connectivity index (χ0n) is 17.7. The molecule has 0 atom stereocenters. The van der Waals surface area contributed by atoms with E-state index in [0.717, 1.165) is 23.2 Å². The summed E-state index contributed by atoms with van der Waals surface area (Å²) in [5.41, 5.74) is 1.15. The number of hydrogen-bond acceptors (Lipinski definition) is 2. The van der Waals surface area contributed by atoms with Crippen LogP contribution < -0.4 is 37.8 Å². The lowest BCUT2D eigenvalue weighted by Gasteiger charge is -2.28. The molecule has 0 aliphatic carbocycles. The molecule has 31 heavy (non-hydrogen) atoms. The molecule has 4 aromatic rings. The van der Waals surface area contributed by atoms with Gasteiger partial charge in [-0.25, -0.2) is 0 Å². The lowest BCUT2D eigenvalue weighted by Crippen LogP contribution is -3.00. The van der Waals surface area contributed by atoms with Crippen LogP contribution in [0.1, 0.15) is 5.56 Å². The molecule has 2 nitrogen and oxygen atoms in total. The molecule has 0 aromatic heterocycles. The van der Waals surface area contributed by atoms with Crippen molar-refractivity contribution in [1.29, 1.82) is 0 Å². The Labute approximate surface area is 191 Å². The minimum absolute atomic E-state index is 0. The van der Waals surface area contributed by atoms with Crippen molar-refractivity contribution in [3.05, 3.63) is 115 Å². The van der Waals surface area contributed by atoms with Crippen molar-refractivity contribution in [2.45, 2.75) is 6.16 Å². The third-order valence-corrected chi connectivity index (χ3v) is 9.84. The van der Waals surface area contributed by atoms with E-state index in [-0.39, 0.29) is 12.4 Å². The maximum absolute atomic E-state index is 5.76. The van der Waals surface area contributed by atoms with Crippen LogP contribution >= 0.6 is 7.26 Å². The van der Waals surface area contributed by atoms with Crippen molar-refractivity contribution >= 4 is 23.2 Å². The fourth-order valence-electron chi connectivity index (χ4n) is 4.03. The second-order valence-electron chi connectivity index (χ2n) is 7.15. The molecule has 0 aliphatic heterocycles. The minimum atomic E-state index is -1.98. The maximum Gasteiger partial charge on any atom is 0.126 e. The van der Waals surface area contributed by atoms with Crippen LogP contribution in [0.5, 0.6) is 11.5 Å². The largest absolute Gasteiger partial charge is 1.00 e. The van der Waals surface area contributed by atoms with Crippen LogP contribution in [0.25, 0.3) is 0 Å². The Morgan fingerprint density at radius 3 is 1.42 bits per heavy atom. The van der Waals surface area contributed by atoms with Gasteiger partial charge in [-0.15, -0.1) is 0 Å². The minimum Gasteiger partial charge on any atom is -1.00 e. The lowest BCUT2D eigenvalue weighted by molar-refractivity contribution is -0.00000647. The van der Waals surface area contributed by atoms with Gasteiger partial charge in [0.2, 0.25) is 0 Å². The van der Waals surface area contributed by atoms with Crippen LogP contribution in [-0.2, 0) is 6.16 Å². The highest BCUT2D eigenvalue weighted by molar-refractivity contribution is 7.95. The third kappa shape index (κ3) is 4.61. The topological polar surface area (TPSA) is 18.5 Å². The zero-order chi connectivity index (χ0) is 20.8. The van der Waals surface area contributed by atoms with Crippen molar-refractivity contribution in [3.63, 3.8) is 0 Å². The van der Waals surface area contributed by atoms with Crippen LogP contribution in [0.4, 0.5) is 0 Å². The molecule has 0 N–H and O–H groups in total. The van der Waals surface area contributed by atoms with Crippen molar-refractivity contribution < 1.29 is 21.9 Å². The molecule has 0 amide bonds.